The molecule has 1 saturated heterocycles. The number of rotatable bonds is 5. The van der Waals surface area contributed by atoms with Gasteiger partial charge >= 0.3 is 0 Å². The zero-order valence-electron chi connectivity index (χ0n) is 12.2. The summed E-state index contributed by atoms with van der Waals surface area (Å²) in [7, 11) is 1.94. The van der Waals surface area contributed by atoms with Crippen LogP contribution >= 0.6 is 0 Å². The van der Waals surface area contributed by atoms with Gasteiger partial charge in [0.1, 0.15) is 5.82 Å². The maximum atomic E-state index is 9.54. The van der Waals surface area contributed by atoms with Crippen LogP contribution in [-0.2, 0) is 18.4 Å². The molecule has 0 amide bonds. The van der Waals surface area contributed by atoms with Crippen molar-refractivity contribution in [1.29, 1.82) is 0 Å². The predicted molar refractivity (Wildman–Crippen MR) is 75.3 cm³/mol. The molecule has 0 aromatic carbocycles. The number of aryl methyl sites for hydroxylation is 2. The van der Waals surface area contributed by atoms with E-state index in [4.69, 9.17) is 4.74 Å². The molecule has 1 aromatic rings. The summed E-state index contributed by atoms with van der Waals surface area (Å²) >= 11 is 0. The maximum absolute atomic E-state index is 9.54. The van der Waals surface area contributed by atoms with Crippen LogP contribution < -0.4 is 4.90 Å². The van der Waals surface area contributed by atoms with Crippen molar-refractivity contribution < 1.29 is 9.84 Å². The van der Waals surface area contributed by atoms with E-state index < -0.39 is 0 Å². The van der Waals surface area contributed by atoms with E-state index in [1.54, 1.807) is 0 Å². The Morgan fingerprint density at radius 1 is 1.47 bits per heavy atom. The summed E-state index contributed by atoms with van der Waals surface area (Å²) in [6.45, 7) is 6.87. The van der Waals surface area contributed by atoms with E-state index >= 15 is 0 Å². The molecule has 1 aliphatic heterocycles. The summed E-state index contributed by atoms with van der Waals surface area (Å²) in [6.07, 6.45) is 3.62. The molecule has 1 fully saturated rings. The highest BCUT2D eigenvalue weighted by Crippen LogP contribution is 2.27. The van der Waals surface area contributed by atoms with Crippen molar-refractivity contribution in [3.63, 3.8) is 0 Å². The quantitative estimate of drug-likeness (QED) is 0.880. The van der Waals surface area contributed by atoms with E-state index in [0.29, 0.717) is 6.10 Å². The lowest BCUT2D eigenvalue weighted by molar-refractivity contribution is 0.0437. The van der Waals surface area contributed by atoms with Crippen LogP contribution in [0.4, 0.5) is 5.82 Å². The topological polar surface area (TPSA) is 50.5 Å². The lowest BCUT2D eigenvalue weighted by Crippen LogP contribution is -2.41. The number of anilines is 1. The largest absolute Gasteiger partial charge is 0.391 e. The van der Waals surface area contributed by atoms with E-state index in [1.807, 2.05) is 18.7 Å². The molecule has 5 nitrogen and oxygen atoms in total. The van der Waals surface area contributed by atoms with E-state index in [-0.39, 0.29) is 6.61 Å². The average Bonchev–Trinajstić information content (AvgIpc) is 2.70. The first-order valence-electron chi connectivity index (χ1n) is 7.17. The summed E-state index contributed by atoms with van der Waals surface area (Å²) in [4.78, 5) is 2.30. The van der Waals surface area contributed by atoms with Crippen LogP contribution in [0.1, 0.15) is 37.4 Å². The first-order chi connectivity index (χ1) is 9.17. The van der Waals surface area contributed by atoms with Crippen molar-refractivity contribution in [2.24, 2.45) is 7.05 Å². The molecule has 0 saturated carbocycles. The van der Waals surface area contributed by atoms with Gasteiger partial charge in [0, 0.05) is 32.3 Å². The Bertz CT molecular complexity index is 417. The smallest absolute Gasteiger partial charge is 0.132 e. The highest BCUT2D eigenvalue weighted by molar-refractivity contribution is 5.50. The van der Waals surface area contributed by atoms with Crippen molar-refractivity contribution in [3.05, 3.63) is 11.3 Å². The van der Waals surface area contributed by atoms with Crippen LogP contribution in [0.15, 0.2) is 0 Å². The van der Waals surface area contributed by atoms with Crippen molar-refractivity contribution in [1.82, 2.24) is 9.78 Å². The van der Waals surface area contributed by atoms with Gasteiger partial charge in [0.2, 0.25) is 0 Å². The van der Waals surface area contributed by atoms with Crippen LogP contribution in [0.5, 0.6) is 0 Å². The Morgan fingerprint density at radius 2 is 2.26 bits per heavy atom. The number of aliphatic hydroxyl groups excluding tert-OH is 1. The summed E-state index contributed by atoms with van der Waals surface area (Å²) in [5, 5.41) is 14.0. The number of piperidine rings is 1. The van der Waals surface area contributed by atoms with Crippen LogP contribution in [0.3, 0.4) is 0 Å². The fourth-order valence-electron chi connectivity index (χ4n) is 2.82. The van der Waals surface area contributed by atoms with E-state index in [2.05, 4.69) is 16.9 Å². The second-order valence-corrected chi connectivity index (χ2v) is 5.25. The molecule has 0 radical (unpaired) electrons. The molecule has 1 atom stereocenters. The van der Waals surface area contributed by atoms with E-state index in [0.717, 1.165) is 56.0 Å². The molecule has 5 heteroatoms. The van der Waals surface area contributed by atoms with Crippen molar-refractivity contribution in [3.8, 4) is 0 Å². The third kappa shape index (κ3) is 3.09. The van der Waals surface area contributed by atoms with Crippen LogP contribution in [0.2, 0.25) is 0 Å². The van der Waals surface area contributed by atoms with Gasteiger partial charge in [-0.3, -0.25) is 4.68 Å². The Labute approximate surface area is 115 Å². The van der Waals surface area contributed by atoms with Gasteiger partial charge in [0.05, 0.1) is 18.4 Å². The SMILES string of the molecule is CCCOC1CCCN(c2c(CO)c(C)nn2C)C1. The first-order valence-corrected chi connectivity index (χ1v) is 7.17. The van der Waals surface area contributed by atoms with Gasteiger partial charge in [-0.15, -0.1) is 0 Å². The van der Waals surface area contributed by atoms with Crippen molar-refractivity contribution in [2.75, 3.05) is 24.6 Å². The second kappa shape index (κ2) is 6.39. The van der Waals surface area contributed by atoms with Gasteiger partial charge in [0.15, 0.2) is 0 Å². The summed E-state index contributed by atoms with van der Waals surface area (Å²) in [5.74, 6) is 1.05. The second-order valence-electron chi connectivity index (χ2n) is 5.25. The van der Waals surface area contributed by atoms with Crippen molar-refractivity contribution in [2.45, 2.75) is 45.8 Å². The number of hydrogen-bond donors (Lipinski definition) is 1. The molecule has 0 bridgehead atoms. The van der Waals surface area contributed by atoms with Crippen molar-refractivity contribution >= 4 is 5.82 Å². The highest BCUT2D eigenvalue weighted by Gasteiger charge is 2.25. The molecule has 1 aliphatic rings. The molecular formula is C14H25N3O2. The molecule has 2 heterocycles. The number of ether oxygens (including phenoxy) is 1. The van der Waals surface area contributed by atoms with Gasteiger partial charge in [-0.2, -0.15) is 5.10 Å². The number of aliphatic hydroxyl groups is 1. The fourth-order valence-corrected chi connectivity index (χ4v) is 2.82. The Morgan fingerprint density at radius 3 is 2.95 bits per heavy atom. The Kier molecular flexibility index (Phi) is 4.82. The standard InChI is InChI=1S/C14H25N3O2/c1-4-8-19-12-6-5-7-17(9-12)14-13(10-18)11(2)15-16(14)3/h12,18H,4-10H2,1-3H3. The molecule has 19 heavy (non-hydrogen) atoms. The molecule has 1 unspecified atom stereocenters. The normalized spacial score (nSPS) is 20.0. The lowest BCUT2D eigenvalue weighted by atomic mass is 10.1. The van der Waals surface area contributed by atoms with Gasteiger partial charge in [0.25, 0.3) is 0 Å². The molecule has 0 aliphatic carbocycles. The van der Waals surface area contributed by atoms with Crippen LogP contribution in [-0.4, -0.2) is 40.7 Å². The Balaban J connectivity index is 2.12. The number of nitrogens with zero attached hydrogens (tertiary/aromatic N) is 3. The third-order valence-corrected chi connectivity index (χ3v) is 3.71. The Hall–Kier alpha value is -1.07. The average molecular weight is 267 g/mol. The summed E-state index contributed by atoms with van der Waals surface area (Å²) in [5.41, 5.74) is 1.86. The van der Waals surface area contributed by atoms with Gasteiger partial charge in [-0.1, -0.05) is 6.92 Å². The van der Waals surface area contributed by atoms with Gasteiger partial charge < -0.3 is 14.7 Å². The van der Waals surface area contributed by atoms with Gasteiger partial charge in [-0.25, -0.2) is 0 Å². The summed E-state index contributed by atoms with van der Waals surface area (Å²) in [6, 6.07) is 0. The third-order valence-electron chi connectivity index (χ3n) is 3.71. The zero-order valence-corrected chi connectivity index (χ0v) is 12.2. The van der Waals surface area contributed by atoms with E-state index in [9.17, 15) is 5.11 Å². The molecule has 0 spiro atoms. The monoisotopic (exact) mass is 267 g/mol. The zero-order chi connectivity index (χ0) is 13.8. The molecular weight excluding hydrogens is 242 g/mol. The minimum Gasteiger partial charge on any atom is -0.391 e. The molecule has 108 valence electrons. The fraction of sp³-hybridized carbons (Fsp3) is 0.786. The van der Waals surface area contributed by atoms with Crippen LogP contribution in [0.25, 0.3) is 0 Å². The van der Waals surface area contributed by atoms with E-state index in [1.165, 1.54) is 0 Å². The van der Waals surface area contributed by atoms with Crippen LogP contribution in [0, 0.1) is 6.92 Å². The highest BCUT2D eigenvalue weighted by atomic mass is 16.5. The maximum Gasteiger partial charge on any atom is 0.132 e. The number of aromatic nitrogens is 2. The minimum absolute atomic E-state index is 0.0476. The molecule has 1 aromatic heterocycles. The molecule has 2 rings (SSSR count). The minimum atomic E-state index is 0.0476. The predicted octanol–water partition coefficient (Wildman–Crippen LogP) is 1.62. The molecule has 1 N–H and O–H groups in total. The van der Waals surface area contributed by atoms with Gasteiger partial charge in [-0.05, 0) is 26.2 Å². The first kappa shape index (κ1) is 14.3. The number of hydrogen-bond acceptors (Lipinski definition) is 4. The summed E-state index contributed by atoms with van der Waals surface area (Å²) < 4.78 is 7.75. The lowest BCUT2D eigenvalue weighted by Gasteiger charge is -2.34.